The van der Waals surface area contributed by atoms with Gasteiger partial charge in [0.2, 0.25) is 0 Å². The van der Waals surface area contributed by atoms with Gasteiger partial charge in [-0.3, -0.25) is 9.69 Å². The van der Waals surface area contributed by atoms with Gasteiger partial charge in [0, 0.05) is 25.2 Å². The standard InChI is InChI=1S/C24H25FN4O3/c1-29(15-16-7-3-2-4-8-16)22-20(27-24(31)19-11-6-12-26-28-19)14-21(23(22)30)32-18-10-5-9-17(25)13-18/h2-13,20-23,30H,14-15H2,1H3,(H,27,31)/t20-,21-,22+,23+/m1/s1. The molecule has 2 aromatic carbocycles. The van der Waals surface area contributed by atoms with Crippen molar-refractivity contribution in [1.82, 2.24) is 20.4 Å². The Bertz CT molecular complexity index is 1040. The van der Waals surface area contributed by atoms with Crippen molar-refractivity contribution in [2.75, 3.05) is 7.05 Å². The zero-order valence-corrected chi connectivity index (χ0v) is 17.6. The van der Waals surface area contributed by atoms with E-state index in [0.717, 1.165) is 5.56 Å². The number of aromatic nitrogens is 2. The van der Waals surface area contributed by atoms with Gasteiger partial charge >= 0.3 is 0 Å². The van der Waals surface area contributed by atoms with Crippen LogP contribution in [0.5, 0.6) is 5.75 Å². The molecular formula is C24H25FN4O3. The maximum Gasteiger partial charge on any atom is 0.272 e. The quantitative estimate of drug-likeness (QED) is 0.592. The molecule has 166 valence electrons. The van der Waals surface area contributed by atoms with Crippen LogP contribution in [0.1, 0.15) is 22.5 Å². The van der Waals surface area contributed by atoms with Crippen LogP contribution in [0.2, 0.25) is 0 Å². The molecule has 2 N–H and O–H groups in total. The maximum atomic E-state index is 13.6. The van der Waals surface area contributed by atoms with E-state index in [9.17, 15) is 14.3 Å². The van der Waals surface area contributed by atoms with Crippen LogP contribution < -0.4 is 10.1 Å². The van der Waals surface area contributed by atoms with Gasteiger partial charge in [0.1, 0.15) is 23.8 Å². The van der Waals surface area contributed by atoms with Gasteiger partial charge in [-0.25, -0.2) is 4.39 Å². The molecule has 4 atom stereocenters. The van der Waals surface area contributed by atoms with Crippen LogP contribution in [0.25, 0.3) is 0 Å². The van der Waals surface area contributed by atoms with Crippen LogP contribution in [0.15, 0.2) is 72.9 Å². The largest absolute Gasteiger partial charge is 0.487 e. The smallest absolute Gasteiger partial charge is 0.272 e. The predicted octanol–water partition coefficient (Wildman–Crippen LogP) is 2.43. The number of ether oxygens (including phenoxy) is 1. The molecule has 0 aliphatic heterocycles. The fourth-order valence-corrected chi connectivity index (χ4v) is 4.17. The van der Waals surface area contributed by atoms with Crippen molar-refractivity contribution in [3.63, 3.8) is 0 Å². The van der Waals surface area contributed by atoms with Crippen molar-refractivity contribution < 1.29 is 19.0 Å². The molecule has 1 heterocycles. The molecule has 1 aromatic heterocycles. The fraction of sp³-hybridized carbons (Fsp3) is 0.292. The first kappa shape index (κ1) is 21.9. The van der Waals surface area contributed by atoms with E-state index in [4.69, 9.17) is 4.74 Å². The van der Waals surface area contributed by atoms with Crippen LogP contribution in [0, 0.1) is 5.82 Å². The highest BCUT2D eigenvalue weighted by Gasteiger charge is 2.46. The second kappa shape index (κ2) is 9.84. The summed E-state index contributed by atoms with van der Waals surface area (Å²) in [5.41, 5.74) is 1.27. The van der Waals surface area contributed by atoms with Crippen LogP contribution in [0.4, 0.5) is 4.39 Å². The molecule has 7 nitrogen and oxygen atoms in total. The topological polar surface area (TPSA) is 87.6 Å². The molecule has 1 aliphatic carbocycles. The van der Waals surface area contributed by atoms with Gasteiger partial charge in [-0.2, -0.15) is 5.10 Å². The van der Waals surface area contributed by atoms with Gasteiger partial charge in [0.15, 0.2) is 5.69 Å². The molecular weight excluding hydrogens is 411 g/mol. The molecule has 32 heavy (non-hydrogen) atoms. The monoisotopic (exact) mass is 436 g/mol. The number of nitrogens with zero attached hydrogens (tertiary/aromatic N) is 3. The zero-order chi connectivity index (χ0) is 22.5. The first-order valence-electron chi connectivity index (χ1n) is 10.4. The van der Waals surface area contributed by atoms with Crippen LogP contribution >= 0.6 is 0 Å². The van der Waals surface area contributed by atoms with E-state index in [1.807, 2.05) is 42.3 Å². The van der Waals surface area contributed by atoms with Crippen LogP contribution in [-0.4, -0.2) is 57.5 Å². The highest BCUT2D eigenvalue weighted by molar-refractivity contribution is 5.92. The summed E-state index contributed by atoms with van der Waals surface area (Å²) in [6.07, 6.45) is 0.328. The minimum Gasteiger partial charge on any atom is -0.487 e. The van der Waals surface area contributed by atoms with Gasteiger partial charge in [0.05, 0.1) is 12.1 Å². The van der Waals surface area contributed by atoms with E-state index in [0.29, 0.717) is 18.7 Å². The second-order valence-electron chi connectivity index (χ2n) is 7.92. The Morgan fingerprint density at radius 1 is 1.19 bits per heavy atom. The Morgan fingerprint density at radius 3 is 2.72 bits per heavy atom. The third kappa shape index (κ3) is 5.09. The molecule has 3 aromatic rings. The summed E-state index contributed by atoms with van der Waals surface area (Å²) in [5, 5.41) is 21.7. The van der Waals surface area contributed by atoms with Crippen molar-refractivity contribution in [3.8, 4) is 5.75 Å². The first-order valence-corrected chi connectivity index (χ1v) is 10.4. The average molecular weight is 436 g/mol. The zero-order valence-electron chi connectivity index (χ0n) is 17.6. The van der Waals surface area contributed by atoms with Gasteiger partial charge in [-0.05, 0) is 36.9 Å². The van der Waals surface area contributed by atoms with E-state index in [-0.39, 0.29) is 11.6 Å². The Labute approximate surface area is 185 Å². The number of aliphatic hydroxyl groups is 1. The normalized spacial score (nSPS) is 22.6. The van der Waals surface area contributed by atoms with Crippen molar-refractivity contribution in [1.29, 1.82) is 0 Å². The molecule has 8 heteroatoms. The van der Waals surface area contributed by atoms with E-state index in [1.54, 1.807) is 24.3 Å². The predicted molar refractivity (Wildman–Crippen MR) is 116 cm³/mol. The minimum atomic E-state index is -0.904. The molecule has 1 aliphatic rings. The third-order valence-corrected chi connectivity index (χ3v) is 5.62. The number of carbonyl (C=O) groups excluding carboxylic acids is 1. The average Bonchev–Trinajstić information content (AvgIpc) is 3.09. The Balaban J connectivity index is 1.54. The van der Waals surface area contributed by atoms with E-state index >= 15 is 0 Å². The summed E-state index contributed by atoms with van der Waals surface area (Å²) >= 11 is 0. The number of halogens is 1. The molecule has 1 fully saturated rings. The molecule has 0 spiro atoms. The number of nitrogens with one attached hydrogen (secondary N) is 1. The van der Waals surface area contributed by atoms with E-state index < -0.39 is 30.1 Å². The number of hydrogen-bond donors (Lipinski definition) is 2. The highest BCUT2D eigenvalue weighted by atomic mass is 19.1. The summed E-state index contributed by atoms with van der Waals surface area (Å²) in [6, 6.07) is 18.1. The molecule has 4 rings (SSSR count). The lowest BCUT2D eigenvalue weighted by molar-refractivity contribution is 0.0124. The van der Waals surface area contributed by atoms with Crippen LogP contribution in [-0.2, 0) is 6.54 Å². The number of likely N-dealkylation sites (N-methyl/N-ethyl adjacent to an activating group) is 1. The summed E-state index contributed by atoms with van der Waals surface area (Å²) in [6.45, 7) is 0.576. The van der Waals surface area contributed by atoms with Crippen molar-refractivity contribution in [2.45, 2.75) is 37.3 Å². The number of carbonyl (C=O) groups is 1. The minimum absolute atomic E-state index is 0.195. The summed E-state index contributed by atoms with van der Waals surface area (Å²) < 4.78 is 19.5. The van der Waals surface area contributed by atoms with Gasteiger partial charge in [-0.15, -0.1) is 5.10 Å². The van der Waals surface area contributed by atoms with Gasteiger partial charge in [-0.1, -0.05) is 36.4 Å². The Hall–Kier alpha value is -3.36. The lowest BCUT2D eigenvalue weighted by atomic mass is 10.1. The van der Waals surface area contributed by atoms with Crippen molar-refractivity contribution in [2.24, 2.45) is 0 Å². The fourth-order valence-electron chi connectivity index (χ4n) is 4.17. The number of amides is 1. The highest BCUT2D eigenvalue weighted by Crippen LogP contribution is 2.30. The SMILES string of the molecule is CN(Cc1ccccc1)[C@@H]1[C@@H](O)[C@H](Oc2cccc(F)c2)C[C@H]1NC(=O)c1cccnn1. The molecule has 0 saturated heterocycles. The number of benzene rings is 2. The van der Waals surface area contributed by atoms with Crippen molar-refractivity contribution in [3.05, 3.63) is 90.0 Å². The summed E-state index contributed by atoms with van der Waals surface area (Å²) in [7, 11) is 1.90. The van der Waals surface area contributed by atoms with Crippen molar-refractivity contribution >= 4 is 5.91 Å². The third-order valence-electron chi connectivity index (χ3n) is 5.62. The van der Waals surface area contributed by atoms with Gasteiger partial charge < -0.3 is 15.2 Å². The number of rotatable bonds is 7. The number of hydrogen-bond acceptors (Lipinski definition) is 6. The molecule has 0 radical (unpaired) electrons. The first-order chi connectivity index (χ1) is 15.5. The van der Waals surface area contributed by atoms with E-state index in [1.165, 1.54) is 18.3 Å². The Kier molecular flexibility index (Phi) is 6.72. The van der Waals surface area contributed by atoms with E-state index in [2.05, 4.69) is 15.5 Å². The summed E-state index contributed by atoms with van der Waals surface area (Å²) in [4.78, 5) is 14.7. The molecule has 1 amide bonds. The van der Waals surface area contributed by atoms with Gasteiger partial charge in [0.25, 0.3) is 5.91 Å². The lowest BCUT2D eigenvalue weighted by Gasteiger charge is -2.32. The Morgan fingerprint density at radius 2 is 2.00 bits per heavy atom. The number of aliphatic hydroxyl groups excluding tert-OH is 1. The second-order valence-corrected chi connectivity index (χ2v) is 7.92. The summed E-state index contributed by atoms with van der Waals surface area (Å²) in [5.74, 6) is -0.459. The van der Waals surface area contributed by atoms with Crippen LogP contribution in [0.3, 0.4) is 0 Å². The molecule has 0 unspecified atom stereocenters. The molecule has 1 saturated carbocycles. The maximum absolute atomic E-state index is 13.6. The lowest BCUT2D eigenvalue weighted by Crippen LogP contribution is -2.52. The molecule has 0 bridgehead atoms.